The molecule has 0 saturated carbocycles. The molecular weight excluding hydrogens is 184 g/mol. The lowest BCUT2D eigenvalue weighted by atomic mass is 10.0. The minimum Gasteiger partial charge on any atom is -0.299 e. The monoisotopic (exact) mass is 194 g/mol. The number of benzene rings is 1. The molecule has 2 heteroatoms. The number of alkyl halides is 1. The van der Waals surface area contributed by atoms with E-state index in [2.05, 4.69) is 0 Å². The van der Waals surface area contributed by atoms with Gasteiger partial charge in [-0.25, -0.2) is 0 Å². The van der Waals surface area contributed by atoms with Gasteiger partial charge in [-0.05, 0) is 24.1 Å². The highest BCUT2D eigenvalue weighted by molar-refractivity contribution is 6.26. The Morgan fingerprint density at radius 1 is 1.38 bits per heavy atom. The van der Waals surface area contributed by atoms with E-state index in [0.29, 0.717) is 0 Å². The highest BCUT2D eigenvalue weighted by Crippen LogP contribution is 2.21. The molecule has 1 unspecified atom stereocenters. The van der Waals surface area contributed by atoms with Crippen molar-refractivity contribution in [2.45, 2.75) is 12.3 Å². The highest BCUT2D eigenvalue weighted by atomic mass is 35.5. The predicted molar refractivity (Wildman–Crippen MR) is 55.8 cm³/mol. The fraction of sp³-hybridized carbons (Fsp3) is 0.182. The van der Waals surface area contributed by atoms with Crippen molar-refractivity contribution in [1.82, 2.24) is 0 Å². The summed E-state index contributed by atoms with van der Waals surface area (Å²) >= 11 is 5.93. The van der Waals surface area contributed by atoms with E-state index in [-0.39, 0.29) is 5.38 Å². The lowest BCUT2D eigenvalue weighted by Gasteiger charge is -2.07. The lowest BCUT2D eigenvalue weighted by Crippen LogP contribution is -1.96. The molecule has 1 atom stereocenters. The van der Waals surface area contributed by atoms with Gasteiger partial charge in [0.2, 0.25) is 0 Å². The first kappa shape index (κ1) is 10.0. The number of aldehydes is 1. The molecule has 68 valence electrons. The van der Waals surface area contributed by atoms with Crippen LogP contribution < -0.4 is 0 Å². The normalized spacial score (nSPS) is 13.8. The molecule has 0 aliphatic carbocycles. The zero-order valence-corrected chi connectivity index (χ0v) is 8.16. The number of hydrogen-bond donors (Lipinski definition) is 0. The van der Waals surface area contributed by atoms with E-state index in [1.54, 1.807) is 0 Å². The van der Waals surface area contributed by atoms with E-state index in [4.69, 9.17) is 11.6 Å². The Morgan fingerprint density at radius 2 is 2.00 bits per heavy atom. The van der Waals surface area contributed by atoms with E-state index < -0.39 is 0 Å². The van der Waals surface area contributed by atoms with Crippen molar-refractivity contribution in [2.75, 3.05) is 0 Å². The molecule has 0 bridgehead atoms. The third-order valence-electron chi connectivity index (χ3n) is 1.78. The second-order valence-corrected chi connectivity index (χ2v) is 3.39. The highest BCUT2D eigenvalue weighted by Gasteiger charge is 2.06. The molecule has 1 nitrogen and oxygen atoms in total. The molecule has 13 heavy (non-hydrogen) atoms. The molecular formula is C11H11ClO. The molecule has 0 aliphatic rings. The maximum Gasteiger partial charge on any atom is 0.143 e. The van der Waals surface area contributed by atoms with Gasteiger partial charge >= 0.3 is 0 Å². The van der Waals surface area contributed by atoms with Gasteiger partial charge in [0.15, 0.2) is 0 Å². The Labute approximate surface area is 83.0 Å². The van der Waals surface area contributed by atoms with Gasteiger partial charge in [-0.1, -0.05) is 30.3 Å². The van der Waals surface area contributed by atoms with Gasteiger partial charge in [0.05, 0.1) is 5.38 Å². The van der Waals surface area contributed by atoms with Crippen molar-refractivity contribution in [1.29, 1.82) is 0 Å². The largest absolute Gasteiger partial charge is 0.299 e. The Morgan fingerprint density at radius 3 is 2.46 bits per heavy atom. The van der Waals surface area contributed by atoms with Crippen LogP contribution in [-0.2, 0) is 4.79 Å². The summed E-state index contributed by atoms with van der Waals surface area (Å²) in [7, 11) is 0. The van der Waals surface area contributed by atoms with Crippen molar-refractivity contribution in [2.24, 2.45) is 0 Å². The van der Waals surface area contributed by atoms with Gasteiger partial charge in [-0.2, -0.15) is 0 Å². The van der Waals surface area contributed by atoms with Crippen LogP contribution in [0.1, 0.15) is 12.5 Å². The van der Waals surface area contributed by atoms with Gasteiger partial charge in [-0.15, -0.1) is 11.6 Å². The maximum absolute atomic E-state index is 10.4. The average molecular weight is 195 g/mol. The first-order valence-corrected chi connectivity index (χ1v) is 4.54. The summed E-state index contributed by atoms with van der Waals surface area (Å²) in [6.07, 6.45) is 2.27. The zero-order chi connectivity index (χ0) is 9.68. The second-order valence-electron chi connectivity index (χ2n) is 2.74. The van der Waals surface area contributed by atoms with Gasteiger partial charge in [0, 0.05) is 0 Å². The summed E-state index contributed by atoms with van der Waals surface area (Å²) in [5, 5.41) is -0.146. The van der Waals surface area contributed by atoms with Gasteiger partial charge in [0.25, 0.3) is 0 Å². The molecule has 1 aromatic carbocycles. The zero-order valence-electron chi connectivity index (χ0n) is 7.41. The van der Waals surface area contributed by atoms with Crippen molar-refractivity contribution >= 4 is 23.5 Å². The van der Waals surface area contributed by atoms with E-state index in [1.807, 2.05) is 37.3 Å². The van der Waals surface area contributed by atoms with Gasteiger partial charge in [-0.3, -0.25) is 4.79 Å². The second kappa shape index (κ2) is 4.83. The average Bonchev–Trinajstić information content (AvgIpc) is 2.15. The summed E-state index contributed by atoms with van der Waals surface area (Å²) in [4.78, 5) is 10.4. The fourth-order valence-corrected chi connectivity index (χ4v) is 1.36. The van der Waals surface area contributed by atoms with Crippen LogP contribution in [0, 0.1) is 0 Å². The van der Waals surface area contributed by atoms with Crippen molar-refractivity contribution in [3.05, 3.63) is 42.0 Å². The first-order valence-electron chi connectivity index (χ1n) is 4.10. The molecule has 0 amide bonds. The maximum atomic E-state index is 10.4. The molecule has 0 spiro atoms. The predicted octanol–water partition coefficient (Wildman–Crippen LogP) is 2.90. The molecule has 0 aliphatic heterocycles. The Balaban J connectivity index is 3.03. The quantitative estimate of drug-likeness (QED) is 0.411. The third-order valence-corrected chi connectivity index (χ3v) is 2.02. The minimum atomic E-state index is -0.146. The smallest absolute Gasteiger partial charge is 0.143 e. The van der Waals surface area contributed by atoms with E-state index in [9.17, 15) is 4.79 Å². The van der Waals surface area contributed by atoms with Gasteiger partial charge < -0.3 is 0 Å². The summed E-state index contributed by atoms with van der Waals surface area (Å²) in [6.45, 7) is 1.85. The summed E-state index contributed by atoms with van der Waals surface area (Å²) in [5.41, 5.74) is 1.86. The Hall–Kier alpha value is -1.08. The first-order chi connectivity index (χ1) is 6.25. The molecule has 0 fully saturated rings. The number of rotatable bonds is 3. The fourth-order valence-electron chi connectivity index (χ4n) is 1.16. The Bertz CT molecular complexity index is 301. The molecule has 1 aromatic rings. The van der Waals surface area contributed by atoms with E-state index in [0.717, 1.165) is 17.4 Å². The molecule has 0 aromatic heterocycles. The van der Waals surface area contributed by atoms with Crippen LogP contribution in [0.4, 0.5) is 0 Å². The van der Waals surface area contributed by atoms with Crippen LogP contribution in [0.2, 0.25) is 0 Å². The number of hydrogen-bond acceptors (Lipinski definition) is 1. The third kappa shape index (κ3) is 2.71. The standard InChI is InChI=1S/C11H11ClO/c1-9(12)11(7-8-13)10-5-3-2-4-6-10/h2-9H,1H3. The summed E-state index contributed by atoms with van der Waals surface area (Å²) in [6, 6.07) is 9.66. The molecule has 0 radical (unpaired) electrons. The van der Waals surface area contributed by atoms with Crippen LogP contribution in [0.25, 0.3) is 5.57 Å². The minimum absolute atomic E-state index is 0.146. The van der Waals surface area contributed by atoms with Crippen LogP contribution in [-0.4, -0.2) is 11.7 Å². The van der Waals surface area contributed by atoms with Crippen molar-refractivity contribution in [3.63, 3.8) is 0 Å². The number of allylic oxidation sites excluding steroid dienone is 2. The van der Waals surface area contributed by atoms with E-state index >= 15 is 0 Å². The SMILES string of the molecule is CC(Cl)C(=CC=O)c1ccccc1. The topological polar surface area (TPSA) is 17.1 Å². The van der Waals surface area contributed by atoms with Crippen LogP contribution >= 0.6 is 11.6 Å². The van der Waals surface area contributed by atoms with Crippen molar-refractivity contribution < 1.29 is 4.79 Å². The van der Waals surface area contributed by atoms with Crippen LogP contribution in [0.5, 0.6) is 0 Å². The van der Waals surface area contributed by atoms with Crippen molar-refractivity contribution in [3.8, 4) is 0 Å². The Kier molecular flexibility index (Phi) is 3.71. The molecule has 0 N–H and O–H groups in total. The number of carbonyl (C=O) groups is 1. The summed E-state index contributed by atoms with van der Waals surface area (Å²) < 4.78 is 0. The molecule has 1 rings (SSSR count). The number of halogens is 1. The van der Waals surface area contributed by atoms with Crippen LogP contribution in [0.3, 0.4) is 0 Å². The lowest BCUT2D eigenvalue weighted by molar-refractivity contribution is -0.104. The van der Waals surface area contributed by atoms with E-state index in [1.165, 1.54) is 6.08 Å². The van der Waals surface area contributed by atoms with Crippen LogP contribution in [0.15, 0.2) is 36.4 Å². The van der Waals surface area contributed by atoms with Gasteiger partial charge in [0.1, 0.15) is 6.29 Å². The molecule has 0 heterocycles. The summed E-state index contributed by atoms with van der Waals surface area (Å²) in [5.74, 6) is 0. The number of carbonyl (C=O) groups excluding carboxylic acids is 1. The molecule has 0 saturated heterocycles.